The van der Waals surface area contributed by atoms with Crippen molar-refractivity contribution in [1.29, 1.82) is 0 Å². The Hall–Kier alpha value is -2.74. The number of halogens is 1. The van der Waals surface area contributed by atoms with E-state index in [1.165, 1.54) is 0 Å². The van der Waals surface area contributed by atoms with E-state index in [0.717, 1.165) is 86.1 Å². The maximum absolute atomic E-state index is 10.9. The minimum Gasteiger partial charge on any atom is -0.400 e. The molecular formula is C28H32ClN3O4. The highest BCUT2D eigenvalue weighted by Gasteiger charge is 2.42. The monoisotopic (exact) mass is 509 g/mol. The number of ether oxygens (including phenoxy) is 1. The van der Waals surface area contributed by atoms with E-state index in [-0.39, 0.29) is 6.10 Å². The lowest BCUT2D eigenvalue weighted by molar-refractivity contribution is 0.0402. The van der Waals surface area contributed by atoms with Gasteiger partial charge in [0, 0.05) is 49.0 Å². The predicted molar refractivity (Wildman–Crippen MR) is 138 cm³/mol. The van der Waals surface area contributed by atoms with E-state index in [1.54, 1.807) is 6.20 Å². The fraction of sp³-hybridized carbons (Fsp3) is 0.464. The Kier molecular flexibility index (Phi) is 7.42. The molecule has 1 N–H and O–H groups in total. The SMILES string of the molecule is CO.Cc1cccc(Cl)c1-c1noc(C2CC2)c1COC1CC2CN(c3ccc(C=O)cn3)C[C@@H]2C1. The highest BCUT2D eigenvalue weighted by molar-refractivity contribution is 6.33. The van der Waals surface area contributed by atoms with Gasteiger partial charge in [0.25, 0.3) is 0 Å². The highest BCUT2D eigenvalue weighted by Crippen LogP contribution is 2.46. The third-order valence-electron chi connectivity index (χ3n) is 7.63. The molecule has 1 aromatic carbocycles. The van der Waals surface area contributed by atoms with Crippen LogP contribution in [0.15, 0.2) is 41.1 Å². The summed E-state index contributed by atoms with van der Waals surface area (Å²) >= 11 is 6.56. The maximum atomic E-state index is 10.9. The first kappa shape index (κ1) is 24.9. The van der Waals surface area contributed by atoms with Gasteiger partial charge in [0.2, 0.25) is 0 Å². The predicted octanol–water partition coefficient (Wildman–Crippen LogP) is 5.43. The van der Waals surface area contributed by atoms with Gasteiger partial charge in [-0.2, -0.15) is 0 Å². The fourth-order valence-electron chi connectivity index (χ4n) is 5.68. The number of aliphatic hydroxyl groups excluding tert-OH is 1. The standard InChI is InChI=1S/C27H28ClN3O3.CH4O/c1-16-3-2-4-23(28)25(16)26-22(27(34-30-26)18-6-7-18)15-33-21-9-19-12-31(13-20(19)10-21)24-8-5-17(14-32)11-29-24;1-2/h2-5,8,11,14,18-21H,6-7,9-10,12-13,15H2,1H3;2H,1H3/t19-,20?,21?;/m0./s1. The minimum atomic E-state index is 0.240. The smallest absolute Gasteiger partial charge is 0.151 e. The molecule has 2 saturated carbocycles. The van der Waals surface area contributed by atoms with Gasteiger partial charge in [-0.05, 0) is 68.2 Å². The summed E-state index contributed by atoms with van der Waals surface area (Å²) in [6, 6.07) is 9.71. The molecule has 3 heterocycles. The number of nitrogens with zero attached hydrogens (tertiary/aromatic N) is 3. The largest absolute Gasteiger partial charge is 0.400 e. The molecule has 190 valence electrons. The average molecular weight is 510 g/mol. The van der Waals surface area contributed by atoms with Crippen LogP contribution in [0.1, 0.15) is 58.8 Å². The van der Waals surface area contributed by atoms with Crippen LogP contribution in [0.25, 0.3) is 11.3 Å². The van der Waals surface area contributed by atoms with Crippen LogP contribution in [0, 0.1) is 18.8 Å². The molecule has 3 fully saturated rings. The van der Waals surface area contributed by atoms with Crippen LogP contribution in [0.5, 0.6) is 0 Å². The Morgan fingerprint density at radius 2 is 1.92 bits per heavy atom. The lowest BCUT2D eigenvalue weighted by atomic mass is 10.0. The van der Waals surface area contributed by atoms with E-state index in [4.69, 9.17) is 26.0 Å². The molecule has 2 unspecified atom stereocenters. The lowest BCUT2D eigenvalue weighted by Gasteiger charge is -2.20. The average Bonchev–Trinajstić information content (AvgIpc) is 3.36. The van der Waals surface area contributed by atoms with Crippen molar-refractivity contribution in [2.24, 2.45) is 11.8 Å². The molecule has 0 bridgehead atoms. The number of carbonyl (C=O) groups excluding carboxylic acids is 1. The second-order valence-corrected chi connectivity index (χ2v) is 10.4. The zero-order valence-corrected chi connectivity index (χ0v) is 21.4. The van der Waals surface area contributed by atoms with Crippen molar-refractivity contribution in [3.05, 3.63) is 64.0 Å². The quantitative estimate of drug-likeness (QED) is 0.425. The minimum absolute atomic E-state index is 0.240. The van der Waals surface area contributed by atoms with E-state index in [2.05, 4.69) is 28.0 Å². The summed E-state index contributed by atoms with van der Waals surface area (Å²) < 4.78 is 12.3. The van der Waals surface area contributed by atoms with E-state index in [1.807, 2.05) is 24.3 Å². The van der Waals surface area contributed by atoms with Gasteiger partial charge in [-0.1, -0.05) is 28.9 Å². The Labute approximate surface area is 216 Å². The number of aldehydes is 1. The molecular weight excluding hydrogens is 478 g/mol. The third kappa shape index (κ3) is 4.92. The van der Waals surface area contributed by atoms with Crippen molar-refractivity contribution in [3.8, 4) is 11.3 Å². The highest BCUT2D eigenvalue weighted by atomic mass is 35.5. The number of aromatic nitrogens is 2. The van der Waals surface area contributed by atoms with Gasteiger partial charge in [-0.15, -0.1) is 0 Å². The Morgan fingerprint density at radius 3 is 2.53 bits per heavy atom. The van der Waals surface area contributed by atoms with Crippen molar-refractivity contribution in [2.75, 3.05) is 25.1 Å². The normalized spacial score (nSPS) is 22.8. The Bertz CT molecular complexity index is 1170. The Balaban J connectivity index is 0.00000130. The van der Waals surface area contributed by atoms with Crippen LogP contribution in [-0.2, 0) is 11.3 Å². The number of aliphatic hydroxyl groups is 1. The first-order chi connectivity index (χ1) is 17.6. The number of fused-ring (bicyclic) bond motifs is 1. The first-order valence-electron chi connectivity index (χ1n) is 12.6. The molecule has 0 amide bonds. The molecule has 36 heavy (non-hydrogen) atoms. The number of hydrogen-bond donors (Lipinski definition) is 1. The van der Waals surface area contributed by atoms with Gasteiger partial charge in [0.05, 0.1) is 17.7 Å². The van der Waals surface area contributed by atoms with Gasteiger partial charge in [0.1, 0.15) is 17.3 Å². The van der Waals surface area contributed by atoms with Crippen molar-refractivity contribution in [3.63, 3.8) is 0 Å². The number of aryl methyl sites for hydroxylation is 1. The molecule has 0 radical (unpaired) electrons. The van der Waals surface area contributed by atoms with E-state index in [9.17, 15) is 4.79 Å². The molecule has 3 atom stereocenters. The first-order valence-corrected chi connectivity index (χ1v) is 12.9. The summed E-state index contributed by atoms with van der Waals surface area (Å²) in [5, 5.41) is 12.1. The molecule has 0 spiro atoms. The molecule has 1 saturated heterocycles. The van der Waals surface area contributed by atoms with Crippen molar-refractivity contribution >= 4 is 23.7 Å². The van der Waals surface area contributed by atoms with Crippen molar-refractivity contribution < 1.29 is 19.2 Å². The second kappa shape index (κ2) is 10.7. The summed E-state index contributed by atoms with van der Waals surface area (Å²) in [7, 11) is 1.00. The summed E-state index contributed by atoms with van der Waals surface area (Å²) in [6.45, 7) is 4.55. The van der Waals surface area contributed by atoms with Gasteiger partial charge >= 0.3 is 0 Å². The topological polar surface area (TPSA) is 88.7 Å². The summed E-state index contributed by atoms with van der Waals surface area (Å²) in [4.78, 5) is 17.7. The van der Waals surface area contributed by atoms with Crippen LogP contribution in [0.3, 0.4) is 0 Å². The van der Waals surface area contributed by atoms with Crippen LogP contribution in [0.4, 0.5) is 5.82 Å². The van der Waals surface area contributed by atoms with Gasteiger partial charge in [0.15, 0.2) is 6.29 Å². The molecule has 3 aliphatic rings. The van der Waals surface area contributed by atoms with Crippen molar-refractivity contribution in [1.82, 2.24) is 10.1 Å². The fourth-order valence-corrected chi connectivity index (χ4v) is 5.99. The summed E-state index contributed by atoms with van der Waals surface area (Å²) in [5.41, 5.74) is 4.55. The lowest BCUT2D eigenvalue weighted by Crippen LogP contribution is -2.24. The van der Waals surface area contributed by atoms with Crippen LogP contribution < -0.4 is 4.90 Å². The van der Waals surface area contributed by atoms with Gasteiger partial charge in [-0.25, -0.2) is 4.98 Å². The summed E-state index contributed by atoms with van der Waals surface area (Å²) in [6.07, 6.45) is 7.13. The maximum Gasteiger partial charge on any atom is 0.151 e. The molecule has 6 rings (SSSR count). The third-order valence-corrected chi connectivity index (χ3v) is 7.94. The molecule has 8 heteroatoms. The molecule has 3 aromatic rings. The van der Waals surface area contributed by atoms with E-state index < -0.39 is 0 Å². The zero-order chi connectivity index (χ0) is 25.2. The van der Waals surface area contributed by atoms with E-state index >= 15 is 0 Å². The molecule has 2 aliphatic carbocycles. The number of benzene rings is 1. The number of pyridine rings is 1. The number of hydrogen-bond acceptors (Lipinski definition) is 7. The van der Waals surface area contributed by atoms with E-state index in [0.29, 0.717) is 34.9 Å². The van der Waals surface area contributed by atoms with Gasteiger partial charge < -0.3 is 19.3 Å². The molecule has 2 aromatic heterocycles. The number of carbonyl (C=O) groups is 1. The van der Waals surface area contributed by atoms with Gasteiger partial charge in [-0.3, -0.25) is 4.79 Å². The summed E-state index contributed by atoms with van der Waals surface area (Å²) in [5.74, 6) is 3.60. The van der Waals surface area contributed by atoms with Crippen molar-refractivity contribution in [2.45, 2.75) is 51.2 Å². The number of anilines is 1. The molecule has 1 aliphatic heterocycles. The second-order valence-electron chi connectivity index (χ2n) is 9.98. The van der Waals surface area contributed by atoms with Crippen LogP contribution in [0.2, 0.25) is 5.02 Å². The Morgan fingerprint density at radius 1 is 1.17 bits per heavy atom. The van der Waals surface area contributed by atoms with Crippen LogP contribution >= 0.6 is 11.6 Å². The van der Waals surface area contributed by atoms with Crippen LogP contribution in [-0.4, -0.2) is 47.8 Å². The zero-order valence-electron chi connectivity index (χ0n) is 20.7. The molecule has 7 nitrogen and oxygen atoms in total. The number of rotatable bonds is 7.